The van der Waals surface area contributed by atoms with Crippen LogP contribution in [-0.4, -0.2) is 15.2 Å². The van der Waals surface area contributed by atoms with Crippen LogP contribution in [0.5, 0.6) is 11.6 Å². The van der Waals surface area contributed by atoms with E-state index in [2.05, 4.69) is 20.9 Å². The van der Waals surface area contributed by atoms with Crippen molar-refractivity contribution < 1.29 is 10.2 Å². The van der Waals surface area contributed by atoms with Crippen LogP contribution in [0.15, 0.2) is 28.2 Å². The molecule has 0 radical (unpaired) electrons. The molecule has 0 bridgehead atoms. The van der Waals surface area contributed by atoms with Crippen LogP contribution in [0.2, 0.25) is 0 Å². The van der Waals surface area contributed by atoms with Gasteiger partial charge < -0.3 is 10.2 Å². The number of hydrogen-bond donors (Lipinski definition) is 2. The fourth-order valence-electron chi connectivity index (χ4n) is 1.10. The minimum absolute atomic E-state index is 0.179. The van der Waals surface area contributed by atoms with E-state index in [1.807, 2.05) is 11.4 Å². The predicted molar refractivity (Wildman–Crippen MR) is 58.6 cm³/mol. The Morgan fingerprint density at radius 2 is 2.14 bits per heavy atom. The van der Waals surface area contributed by atoms with E-state index in [0.29, 0.717) is 5.56 Å². The largest absolute Gasteiger partial charge is 0.503 e. The van der Waals surface area contributed by atoms with Crippen molar-refractivity contribution in [1.82, 2.24) is 4.98 Å². The van der Waals surface area contributed by atoms with E-state index in [-0.39, 0.29) is 11.6 Å². The van der Waals surface area contributed by atoms with E-state index >= 15 is 0 Å². The average Bonchev–Trinajstić information content (AvgIpc) is 2.57. The number of rotatable bonds is 1. The Bertz CT molecular complexity index is 470. The molecule has 2 rings (SSSR count). The zero-order chi connectivity index (χ0) is 10.1. The molecule has 0 amide bonds. The summed E-state index contributed by atoms with van der Waals surface area (Å²) in [5, 5.41) is 20.6. The van der Waals surface area contributed by atoms with E-state index in [4.69, 9.17) is 0 Å². The van der Waals surface area contributed by atoms with E-state index < -0.39 is 0 Å². The predicted octanol–water partition coefficient (Wildman–Crippen LogP) is 2.98. The summed E-state index contributed by atoms with van der Waals surface area (Å²) in [6.07, 6.45) is 1.46. The second-order valence-corrected chi connectivity index (χ2v) is 4.49. The third-order valence-corrected chi connectivity index (χ3v) is 3.46. The van der Waals surface area contributed by atoms with Crippen molar-refractivity contribution >= 4 is 27.3 Å². The lowest BCUT2D eigenvalue weighted by molar-refractivity contribution is 0.390. The molecule has 14 heavy (non-hydrogen) atoms. The molecule has 2 aromatic rings. The van der Waals surface area contributed by atoms with Crippen LogP contribution in [0.1, 0.15) is 0 Å². The Balaban J connectivity index is 2.57. The van der Waals surface area contributed by atoms with Crippen molar-refractivity contribution in [3.63, 3.8) is 0 Å². The molecule has 0 aliphatic carbocycles. The van der Waals surface area contributed by atoms with Crippen LogP contribution in [-0.2, 0) is 0 Å². The van der Waals surface area contributed by atoms with E-state index in [1.165, 1.54) is 17.5 Å². The number of thiophene rings is 1. The molecule has 2 N–H and O–H groups in total. The maximum absolute atomic E-state index is 9.54. The standard InChI is InChI=1S/C9H6BrNO2S/c10-5-3-7(14-4-5)6-1-2-11-9(13)8(6)12/h1-4,12H,(H,11,13). The monoisotopic (exact) mass is 271 g/mol. The Morgan fingerprint density at radius 3 is 2.79 bits per heavy atom. The molecule has 0 saturated carbocycles. The van der Waals surface area contributed by atoms with Gasteiger partial charge in [0, 0.05) is 26.5 Å². The molecule has 2 heterocycles. The number of halogens is 1. The highest BCUT2D eigenvalue weighted by atomic mass is 79.9. The zero-order valence-electron chi connectivity index (χ0n) is 6.94. The van der Waals surface area contributed by atoms with E-state index in [9.17, 15) is 10.2 Å². The van der Waals surface area contributed by atoms with Crippen molar-refractivity contribution in [2.75, 3.05) is 0 Å². The summed E-state index contributed by atoms with van der Waals surface area (Å²) in [5.41, 5.74) is 0.591. The fraction of sp³-hybridized carbons (Fsp3) is 0. The third-order valence-electron chi connectivity index (χ3n) is 1.74. The molecule has 0 spiro atoms. The molecule has 0 atom stereocenters. The number of hydrogen-bond acceptors (Lipinski definition) is 4. The molecular weight excluding hydrogens is 266 g/mol. The quantitative estimate of drug-likeness (QED) is 0.839. The number of pyridine rings is 1. The SMILES string of the molecule is Oc1nccc(-c2cc(Br)cs2)c1O. The second kappa shape index (κ2) is 3.59. The lowest BCUT2D eigenvalue weighted by atomic mass is 10.2. The van der Waals surface area contributed by atoms with Gasteiger partial charge in [0.1, 0.15) is 0 Å². The number of aromatic nitrogens is 1. The highest BCUT2D eigenvalue weighted by Gasteiger charge is 2.10. The molecule has 0 aliphatic rings. The summed E-state index contributed by atoms with van der Waals surface area (Å²) in [4.78, 5) is 4.45. The summed E-state index contributed by atoms with van der Waals surface area (Å²) in [5.74, 6) is -0.520. The topological polar surface area (TPSA) is 53.4 Å². The van der Waals surface area contributed by atoms with Gasteiger partial charge in [-0.05, 0) is 28.1 Å². The van der Waals surface area contributed by atoms with Crippen LogP contribution in [0.3, 0.4) is 0 Å². The van der Waals surface area contributed by atoms with Gasteiger partial charge >= 0.3 is 0 Å². The van der Waals surface area contributed by atoms with Gasteiger partial charge in [-0.15, -0.1) is 11.3 Å². The molecule has 5 heteroatoms. The summed E-state index contributed by atoms with van der Waals surface area (Å²) >= 11 is 4.80. The first-order valence-electron chi connectivity index (χ1n) is 3.80. The number of nitrogens with zero attached hydrogens (tertiary/aromatic N) is 1. The number of aromatic hydroxyl groups is 2. The molecule has 2 aromatic heterocycles. The van der Waals surface area contributed by atoms with E-state index in [1.54, 1.807) is 6.07 Å². The summed E-state index contributed by atoms with van der Waals surface area (Å²) in [6, 6.07) is 3.53. The van der Waals surface area contributed by atoms with Gasteiger partial charge in [-0.3, -0.25) is 0 Å². The lowest BCUT2D eigenvalue weighted by Crippen LogP contribution is -1.78. The normalized spacial score (nSPS) is 10.4. The van der Waals surface area contributed by atoms with Crippen LogP contribution >= 0.6 is 27.3 Å². The van der Waals surface area contributed by atoms with Crippen molar-refractivity contribution in [2.45, 2.75) is 0 Å². The van der Waals surface area contributed by atoms with Gasteiger partial charge in [-0.1, -0.05) is 0 Å². The van der Waals surface area contributed by atoms with Gasteiger partial charge in [0.15, 0.2) is 5.75 Å². The molecule has 0 unspecified atom stereocenters. The van der Waals surface area contributed by atoms with Gasteiger partial charge in [0.05, 0.1) is 0 Å². The first-order chi connectivity index (χ1) is 6.68. The average molecular weight is 272 g/mol. The molecule has 3 nitrogen and oxygen atoms in total. The molecule has 0 aliphatic heterocycles. The molecule has 0 saturated heterocycles. The van der Waals surface area contributed by atoms with E-state index in [0.717, 1.165) is 9.35 Å². The molecule has 0 aromatic carbocycles. The van der Waals surface area contributed by atoms with Crippen LogP contribution in [0.4, 0.5) is 0 Å². The maximum atomic E-state index is 9.54. The summed E-state index contributed by atoms with van der Waals surface area (Å²) in [6.45, 7) is 0. The minimum Gasteiger partial charge on any atom is -0.503 e. The van der Waals surface area contributed by atoms with Gasteiger partial charge in [-0.2, -0.15) is 0 Å². The minimum atomic E-state index is -0.341. The molecular formula is C9H6BrNO2S. The van der Waals surface area contributed by atoms with Crippen molar-refractivity contribution in [2.24, 2.45) is 0 Å². The highest BCUT2D eigenvalue weighted by molar-refractivity contribution is 9.10. The Labute approximate surface area is 92.8 Å². The second-order valence-electron chi connectivity index (χ2n) is 2.66. The van der Waals surface area contributed by atoms with Crippen molar-refractivity contribution in [3.05, 3.63) is 28.2 Å². The van der Waals surface area contributed by atoms with Crippen LogP contribution in [0, 0.1) is 0 Å². The fourth-order valence-corrected chi connectivity index (χ4v) is 2.55. The van der Waals surface area contributed by atoms with Crippen LogP contribution in [0.25, 0.3) is 10.4 Å². The maximum Gasteiger partial charge on any atom is 0.254 e. The van der Waals surface area contributed by atoms with Gasteiger partial charge in [0.25, 0.3) is 5.88 Å². The Hall–Kier alpha value is -1.07. The Kier molecular flexibility index (Phi) is 2.43. The van der Waals surface area contributed by atoms with Crippen molar-refractivity contribution in [1.29, 1.82) is 0 Å². The summed E-state index contributed by atoms with van der Waals surface area (Å²) in [7, 11) is 0. The third kappa shape index (κ3) is 1.60. The molecule has 72 valence electrons. The zero-order valence-corrected chi connectivity index (χ0v) is 9.34. The van der Waals surface area contributed by atoms with Crippen LogP contribution < -0.4 is 0 Å². The molecule has 0 fully saturated rings. The summed E-state index contributed by atoms with van der Waals surface area (Å²) < 4.78 is 0.952. The first-order valence-corrected chi connectivity index (χ1v) is 5.47. The smallest absolute Gasteiger partial charge is 0.254 e. The van der Waals surface area contributed by atoms with Gasteiger partial charge in [-0.25, -0.2) is 4.98 Å². The van der Waals surface area contributed by atoms with Crippen molar-refractivity contribution in [3.8, 4) is 22.1 Å². The Morgan fingerprint density at radius 1 is 1.36 bits per heavy atom. The highest BCUT2D eigenvalue weighted by Crippen LogP contribution is 2.38. The lowest BCUT2D eigenvalue weighted by Gasteiger charge is -2.01. The first kappa shape index (κ1) is 9.48. The van der Waals surface area contributed by atoms with Gasteiger partial charge in [0.2, 0.25) is 0 Å².